The van der Waals surface area contributed by atoms with Gasteiger partial charge < -0.3 is 24.1 Å². The normalized spacial score (nSPS) is 13.2. The summed E-state index contributed by atoms with van der Waals surface area (Å²) < 4.78 is 17.7. The van der Waals surface area contributed by atoms with Gasteiger partial charge in [0.2, 0.25) is 0 Å². The van der Waals surface area contributed by atoms with Crippen molar-refractivity contribution in [3.8, 4) is 40.0 Å². The van der Waals surface area contributed by atoms with Gasteiger partial charge >= 0.3 is 0 Å². The quantitative estimate of drug-likeness (QED) is 0.418. The largest absolute Gasteiger partial charge is 0.496 e. The van der Waals surface area contributed by atoms with Crippen LogP contribution in [0.5, 0.6) is 11.5 Å². The van der Waals surface area contributed by atoms with Crippen LogP contribution < -0.4 is 14.8 Å². The number of fused-ring (bicyclic) bond motifs is 1. The van der Waals surface area contributed by atoms with Gasteiger partial charge in [0.15, 0.2) is 5.58 Å². The summed E-state index contributed by atoms with van der Waals surface area (Å²) in [5.41, 5.74) is 4.63. The average molecular weight is 483 g/mol. The molecule has 3 heterocycles. The number of hydrogen-bond acceptors (Lipinski definition) is 7. The molecule has 8 nitrogen and oxygen atoms in total. The minimum Gasteiger partial charge on any atom is -0.496 e. The van der Waals surface area contributed by atoms with E-state index in [2.05, 4.69) is 16.4 Å². The summed E-state index contributed by atoms with van der Waals surface area (Å²) in [6, 6.07) is 16.8. The molecule has 1 aliphatic rings. The second-order valence-corrected chi connectivity index (χ2v) is 8.96. The molecule has 5 rings (SSSR count). The maximum Gasteiger partial charge on any atom is 0.253 e. The molecule has 0 unspecified atom stereocenters. The first-order valence-electron chi connectivity index (χ1n) is 11.6. The lowest BCUT2D eigenvalue weighted by Crippen LogP contribution is -2.45. The third-order valence-corrected chi connectivity index (χ3v) is 6.28. The van der Waals surface area contributed by atoms with Crippen LogP contribution in [0, 0.1) is 17.2 Å². The lowest BCUT2D eigenvalue weighted by molar-refractivity contribution is 0.0827. The third-order valence-electron chi connectivity index (χ3n) is 6.28. The highest BCUT2D eigenvalue weighted by Gasteiger charge is 2.20. The van der Waals surface area contributed by atoms with Crippen molar-refractivity contribution in [1.82, 2.24) is 15.2 Å². The van der Waals surface area contributed by atoms with Crippen LogP contribution in [-0.4, -0.2) is 56.7 Å². The number of carbonyl (C=O) groups excluding carboxylic acids is 1. The number of furan rings is 1. The third kappa shape index (κ3) is 4.37. The lowest BCUT2D eigenvalue weighted by Gasteiger charge is -2.27. The van der Waals surface area contributed by atoms with Crippen molar-refractivity contribution >= 4 is 17.0 Å². The van der Waals surface area contributed by atoms with E-state index in [4.69, 9.17) is 13.9 Å². The van der Waals surface area contributed by atoms with Gasteiger partial charge in [-0.05, 0) is 42.0 Å². The molecule has 1 saturated heterocycles. The molecule has 1 amide bonds. The first kappa shape index (κ1) is 23.4. The molecular formula is C28H26N4O4. The van der Waals surface area contributed by atoms with Crippen molar-refractivity contribution < 1.29 is 18.7 Å². The fourth-order valence-electron chi connectivity index (χ4n) is 4.17. The van der Waals surface area contributed by atoms with Crippen LogP contribution in [0.15, 0.2) is 59.1 Å². The van der Waals surface area contributed by atoms with E-state index in [1.54, 1.807) is 39.5 Å². The molecular weight excluding hydrogens is 456 g/mol. The van der Waals surface area contributed by atoms with Gasteiger partial charge in [0.25, 0.3) is 5.91 Å². The van der Waals surface area contributed by atoms with Gasteiger partial charge in [-0.2, -0.15) is 5.26 Å². The van der Waals surface area contributed by atoms with Crippen LogP contribution >= 0.6 is 0 Å². The zero-order valence-electron chi connectivity index (χ0n) is 20.4. The van der Waals surface area contributed by atoms with Crippen molar-refractivity contribution in [3.05, 3.63) is 65.9 Å². The fourth-order valence-corrected chi connectivity index (χ4v) is 4.17. The van der Waals surface area contributed by atoms with E-state index in [1.807, 2.05) is 36.4 Å². The first-order valence-corrected chi connectivity index (χ1v) is 11.6. The molecule has 0 bridgehead atoms. The molecule has 8 heteroatoms. The van der Waals surface area contributed by atoms with Gasteiger partial charge in [0, 0.05) is 56.5 Å². The minimum absolute atomic E-state index is 0.113. The monoisotopic (exact) mass is 482 g/mol. The molecule has 1 N–H and O–H groups in total. The number of carbonyl (C=O) groups is 1. The maximum absolute atomic E-state index is 12.4. The topological polar surface area (TPSA) is 101 Å². The highest BCUT2D eigenvalue weighted by molar-refractivity contribution is 5.96. The second kappa shape index (κ2) is 9.72. The number of benzene rings is 2. The standard InChI is InChI=1S/C28H26N4O4/c1-32(2)28(33)19-4-6-22(25(11-19)34-3)26-12-23-27(36-26)21(8-9-31-23)18-5-7-24(20(10-18)13-29)35-16-17-14-30-15-17/h4-12,17,30H,14-16H2,1-3H3. The number of methoxy groups -OCH3 is 1. The molecule has 36 heavy (non-hydrogen) atoms. The van der Waals surface area contributed by atoms with Crippen LogP contribution in [0.1, 0.15) is 15.9 Å². The number of hydrogen-bond donors (Lipinski definition) is 1. The summed E-state index contributed by atoms with van der Waals surface area (Å²) in [6.45, 7) is 2.47. The van der Waals surface area contributed by atoms with E-state index in [0.29, 0.717) is 57.6 Å². The van der Waals surface area contributed by atoms with Crippen LogP contribution in [0.2, 0.25) is 0 Å². The SMILES string of the molecule is COc1cc(C(=O)N(C)C)ccc1-c1cc2nccc(-c3ccc(OCC4CNC4)c(C#N)c3)c2o1. The molecule has 1 aliphatic heterocycles. The second-order valence-electron chi connectivity index (χ2n) is 8.96. The number of nitrogens with one attached hydrogen (secondary N) is 1. The average Bonchev–Trinajstić information content (AvgIpc) is 3.31. The van der Waals surface area contributed by atoms with Crippen LogP contribution in [0.3, 0.4) is 0 Å². The van der Waals surface area contributed by atoms with Gasteiger partial charge in [-0.15, -0.1) is 0 Å². The summed E-state index contributed by atoms with van der Waals surface area (Å²) in [4.78, 5) is 18.4. The molecule has 2 aromatic heterocycles. The van der Waals surface area contributed by atoms with E-state index >= 15 is 0 Å². The van der Waals surface area contributed by atoms with E-state index in [0.717, 1.165) is 24.2 Å². The molecule has 4 aromatic rings. The number of nitrogens with zero attached hydrogens (tertiary/aromatic N) is 3. The van der Waals surface area contributed by atoms with E-state index in [9.17, 15) is 10.1 Å². The Morgan fingerprint density at radius 2 is 1.97 bits per heavy atom. The Morgan fingerprint density at radius 3 is 2.67 bits per heavy atom. The Hall–Kier alpha value is -4.35. The Morgan fingerprint density at radius 1 is 1.14 bits per heavy atom. The Kier molecular flexibility index (Phi) is 6.32. The van der Waals surface area contributed by atoms with Crippen LogP contribution in [0.4, 0.5) is 0 Å². The fraction of sp³-hybridized carbons (Fsp3) is 0.250. The predicted octanol–water partition coefficient (Wildman–Crippen LogP) is 4.34. The Balaban J connectivity index is 1.50. The van der Waals surface area contributed by atoms with E-state index in [1.165, 1.54) is 4.90 Å². The number of rotatable bonds is 7. The predicted molar refractivity (Wildman–Crippen MR) is 136 cm³/mol. The molecule has 0 radical (unpaired) electrons. The molecule has 0 atom stereocenters. The molecule has 0 spiro atoms. The summed E-state index contributed by atoms with van der Waals surface area (Å²) in [5.74, 6) is 2.04. The number of nitriles is 1. The summed E-state index contributed by atoms with van der Waals surface area (Å²) in [6.07, 6.45) is 1.72. The van der Waals surface area contributed by atoms with Crippen molar-refractivity contribution in [3.63, 3.8) is 0 Å². The van der Waals surface area contributed by atoms with Gasteiger partial charge in [0.1, 0.15) is 28.8 Å². The van der Waals surface area contributed by atoms with Gasteiger partial charge in [-0.25, -0.2) is 0 Å². The highest BCUT2D eigenvalue weighted by Crippen LogP contribution is 2.38. The van der Waals surface area contributed by atoms with E-state index in [-0.39, 0.29) is 5.91 Å². The maximum atomic E-state index is 12.4. The van der Waals surface area contributed by atoms with Crippen molar-refractivity contribution in [1.29, 1.82) is 5.26 Å². The van der Waals surface area contributed by atoms with Crippen molar-refractivity contribution in [2.24, 2.45) is 5.92 Å². The van der Waals surface area contributed by atoms with Crippen molar-refractivity contribution in [2.45, 2.75) is 0 Å². The highest BCUT2D eigenvalue weighted by atomic mass is 16.5. The number of pyridine rings is 1. The summed E-state index contributed by atoms with van der Waals surface area (Å²) in [7, 11) is 4.97. The van der Waals surface area contributed by atoms with Gasteiger partial charge in [-0.1, -0.05) is 6.07 Å². The van der Waals surface area contributed by atoms with Crippen molar-refractivity contribution in [2.75, 3.05) is 40.9 Å². The van der Waals surface area contributed by atoms with E-state index < -0.39 is 0 Å². The van der Waals surface area contributed by atoms with Crippen LogP contribution in [0.25, 0.3) is 33.6 Å². The number of ether oxygens (including phenoxy) is 2. The first-order chi connectivity index (χ1) is 17.5. The zero-order chi connectivity index (χ0) is 25.2. The van der Waals surface area contributed by atoms with Gasteiger partial charge in [0.05, 0.1) is 24.8 Å². The Labute approximate surface area is 209 Å². The molecule has 1 fully saturated rings. The van der Waals surface area contributed by atoms with Crippen LogP contribution in [-0.2, 0) is 0 Å². The lowest BCUT2D eigenvalue weighted by atomic mass is 10.0. The zero-order valence-corrected chi connectivity index (χ0v) is 20.4. The molecule has 2 aromatic carbocycles. The van der Waals surface area contributed by atoms with Gasteiger partial charge in [-0.3, -0.25) is 9.78 Å². The minimum atomic E-state index is -0.113. The molecule has 0 aliphatic carbocycles. The summed E-state index contributed by atoms with van der Waals surface area (Å²) >= 11 is 0. The molecule has 182 valence electrons. The molecule has 0 saturated carbocycles. The Bertz CT molecular complexity index is 1480. The number of aromatic nitrogens is 1. The number of amides is 1. The summed E-state index contributed by atoms with van der Waals surface area (Å²) in [5, 5.41) is 12.9. The smallest absolute Gasteiger partial charge is 0.253 e.